The van der Waals surface area contributed by atoms with Gasteiger partial charge in [-0.3, -0.25) is 4.57 Å². The molecule has 1 atom stereocenters. The number of fused-ring (bicyclic) bond motifs is 4. The van der Waals surface area contributed by atoms with Crippen LogP contribution in [0.25, 0.3) is 11.3 Å². The molecule has 0 radical (unpaired) electrons. The predicted octanol–water partition coefficient (Wildman–Crippen LogP) is 4.06. The largest absolute Gasteiger partial charge is 0.478 e. The number of nitrogens with zero attached hydrogens (tertiary/aromatic N) is 3. The Kier molecular flexibility index (Phi) is 6.30. The SMILES string of the molecule is O=c1nc(OCC2COc3ncccc3O2)cc2n1CCc1cc(C#CCCc3ccccc3)ccc1-2. The monoisotopic (exact) mass is 491 g/mol. The van der Waals surface area contributed by atoms with Crippen molar-refractivity contribution in [3.05, 3.63) is 100 Å². The van der Waals surface area contributed by atoms with E-state index in [0.29, 0.717) is 24.8 Å². The Labute approximate surface area is 214 Å². The van der Waals surface area contributed by atoms with Gasteiger partial charge in [-0.05, 0) is 48.2 Å². The quantitative estimate of drug-likeness (QED) is 0.392. The second kappa shape index (κ2) is 10.2. The minimum Gasteiger partial charge on any atom is -0.478 e. The van der Waals surface area contributed by atoms with Crippen LogP contribution in [0.5, 0.6) is 17.5 Å². The number of rotatable bonds is 5. The van der Waals surface area contributed by atoms with Crippen LogP contribution >= 0.6 is 0 Å². The highest BCUT2D eigenvalue weighted by Crippen LogP contribution is 2.31. The molecule has 2 aliphatic rings. The van der Waals surface area contributed by atoms with Gasteiger partial charge in [-0.15, -0.1) is 0 Å². The van der Waals surface area contributed by atoms with Crippen molar-refractivity contribution in [3.8, 4) is 40.6 Å². The normalized spacial score (nSPS) is 15.1. The summed E-state index contributed by atoms with van der Waals surface area (Å²) < 4.78 is 19.1. The van der Waals surface area contributed by atoms with Crippen molar-refractivity contribution in [1.29, 1.82) is 0 Å². The van der Waals surface area contributed by atoms with Crippen molar-refractivity contribution in [3.63, 3.8) is 0 Å². The summed E-state index contributed by atoms with van der Waals surface area (Å²) in [5.41, 5.74) is 4.92. The molecule has 7 heteroatoms. The standard InChI is InChI=1S/C30H25N3O4/c34-30-32-28(35-19-24-20-36-29-27(37-24)11-6-15-31-29)18-26-25-13-12-22(17-23(25)14-16-33(26)30)10-5-4-9-21-7-2-1-3-8-21/h1-3,6-8,11-13,15,17-18,24H,4,9,14,16,19-20H2. The Morgan fingerprint density at radius 3 is 2.92 bits per heavy atom. The third-order valence-corrected chi connectivity index (χ3v) is 6.44. The number of hydrogen-bond donors (Lipinski definition) is 0. The Bertz CT molecular complexity index is 1550. The molecular weight excluding hydrogens is 466 g/mol. The zero-order chi connectivity index (χ0) is 25.0. The van der Waals surface area contributed by atoms with Gasteiger partial charge in [-0.2, -0.15) is 4.98 Å². The van der Waals surface area contributed by atoms with E-state index in [9.17, 15) is 4.79 Å². The molecule has 4 heterocycles. The van der Waals surface area contributed by atoms with Gasteiger partial charge in [0, 0.05) is 36.4 Å². The first-order chi connectivity index (χ1) is 18.2. The van der Waals surface area contributed by atoms with Gasteiger partial charge in [0.25, 0.3) is 5.88 Å². The molecule has 4 aromatic rings. The Morgan fingerprint density at radius 2 is 2.00 bits per heavy atom. The van der Waals surface area contributed by atoms with Gasteiger partial charge < -0.3 is 14.2 Å². The van der Waals surface area contributed by atoms with E-state index >= 15 is 0 Å². The maximum absolute atomic E-state index is 12.8. The lowest BCUT2D eigenvalue weighted by Gasteiger charge is -2.25. The highest BCUT2D eigenvalue weighted by atomic mass is 16.6. The van der Waals surface area contributed by atoms with Crippen molar-refractivity contribution in [1.82, 2.24) is 14.5 Å². The molecule has 0 spiro atoms. The second-order valence-electron chi connectivity index (χ2n) is 8.99. The second-order valence-corrected chi connectivity index (χ2v) is 8.99. The fourth-order valence-electron chi connectivity index (χ4n) is 4.59. The first kappa shape index (κ1) is 22.9. The van der Waals surface area contributed by atoms with Gasteiger partial charge in [-0.1, -0.05) is 48.2 Å². The zero-order valence-electron chi connectivity index (χ0n) is 20.2. The van der Waals surface area contributed by atoms with Crippen LogP contribution in [0.1, 0.15) is 23.1 Å². The molecule has 6 rings (SSSR count). The summed E-state index contributed by atoms with van der Waals surface area (Å²) in [5.74, 6) is 7.90. The third-order valence-electron chi connectivity index (χ3n) is 6.44. The van der Waals surface area contributed by atoms with Crippen molar-refractivity contribution in [2.45, 2.75) is 31.9 Å². The molecule has 184 valence electrons. The maximum Gasteiger partial charge on any atom is 0.351 e. The average molecular weight is 492 g/mol. The van der Waals surface area contributed by atoms with E-state index < -0.39 is 0 Å². The number of hydrogen-bond acceptors (Lipinski definition) is 6. The van der Waals surface area contributed by atoms with Gasteiger partial charge in [0.15, 0.2) is 11.9 Å². The molecule has 0 bridgehead atoms. The number of benzene rings is 2. The van der Waals surface area contributed by atoms with Crippen LogP contribution in [0, 0.1) is 11.8 Å². The van der Waals surface area contributed by atoms with Crippen LogP contribution in [0.4, 0.5) is 0 Å². The summed E-state index contributed by atoms with van der Waals surface area (Å²) in [5, 5.41) is 0. The fourth-order valence-corrected chi connectivity index (χ4v) is 4.59. The third kappa shape index (κ3) is 5.05. The lowest BCUT2D eigenvalue weighted by Crippen LogP contribution is -2.35. The van der Waals surface area contributed by atoms with Crippen LogP contribution in [0.15, 0.2) is 77.7 Å². The summed E-state index contributed by atoms with van der Waals surface area (Å²) in [7, 11) is 0. The molecule has 0 N–H and O–H groups in total. The molecule has 0 fully saturated rings. The number of pyridine rings is 1. The fraction of sp³-hybridized carbons (Fsp3) is 0.233. The van der Waals surface area contributed by atoms with E-state index in [-0.39, 0.29) is 24.3 Å². The van der Waals surface area contributed by atoms with Crippen LogP contribution in [-0.2, 0) is 19.4 Å². The Morgan fingerprint density at radius 1 is 1.08 bits per heavy atom. The Hall–Kier alpha value is -4.57. The van der Waals surface area contributed by atoms with Crippen LogP contribution < -0.4 is 19.9 Å². The predicted molar refractivity (Wildman–Crippen MR) is 139 cm³/mol. The van der Waals surface area contributed by atoms with E-state index in [4.69, 9.17) is 14.2 Å². The number of ether oxygens (including phenoxy) is 3. The first-order valence-electron chi connectivity index (χ1n) is 12.4. The van der Waals surface area contributed by atoms with Gasteiger partial charge in [0.2, 0.25) is 5.88 Å². The smallest absolute Gasteiger partial charge is 0.351 e. The summed E-state index contributed by atoms with van der Waals surface area (Å²) in [6.45, 7) is 1.09. The molecule has 2 aromatic heterocycles. The maximum atomic E-state index is 12.8. The van der Waals surface area contributed by atoms with E-state index in [1.54, 1.807) is 22.9 Å². The van der Waals surface area contributed by atoms with Crippen LogP contribution in [0.3, 0.4) is 0 Å². The molecule has 37 heavy (non-hydrogen) atoms. The minimum atomic E-state index is -0.326. The molecule has 0 saturated carbocycles. The number of aromatic nitrogens is 3. The molecule has 2 aromatic carbocycles. The van der Waals surface area contributed by atoms with Gasteiger partial charge in [-0.25, -0.2) is 9.78 Å². The molecule has 2 aliphatic heterocycles. The van der Waals surface area contributed by atoms with Crippen molar-refractivity contribution in [2.24, 2.45) is 0 Å². The van der Waals surface area contributed by atoms with Crippen molar-refractivity contribution < 1.29 is 14.2 Å². The van der Waals surface area contributed by atoms with Gasteiger partial charge in [0.1, 0.15) is 13.2 Å². The molecule has 0 aliphatic carbocycles. The van der Waals surface area contributed by atoms with E-state index in [0.717, 1.165) is 36.1 Å². The van der Waals surface area contributed by atoms with Gasteiger partial charge >= 0.3 is 5.69 Å². The summed E-state index contributed by atoms with van der Waals surface area (Å²) in [6, 6.07) is 22.0. The molecule has 0 amide bonds. The molecular formula is C30H25N3O4. The van der Waals surface area contributed by atoms with Crippen molar-refractivity contribution in [2.75, 3.05) is 13.2 Å². The van der Waals surface area contributed by atoms with Gasteiger partial charge in [0.05, 0.1) is 5.69 Å². The highest BCUT2D eigenvalue weighted by Gasteiger charge is 2.24. The van der Waals surface area contributed by atoms with Crippen LogP contribution in [0.2, 0.25) is 0 Å². The zero-order valence-corrected chi connectivity index (χ0v) is 20.2. The lowest BCUT2D eigenvalue weighted by molar-refractivity contribution is 0.0486. The molecule has 7 nitrogen and oxygen atoms in total. The van der Waals surface area contributed by atoms with E-state index in [1.165, 1.54) is 11.1 Å². The summed E-state index contributed by atoms with van der Waals surface area (Å²) in [4.78, 5) is 21.0. The van der Waals surface area contributed by atoms with Crippen LogP contribution in [-0.4, -0.2) is 33.9 Å². The summed E-state index contributed by atoms with van der Waals surface area (Å²) in [6.07, 6.45) is 3.83. The lowest BCUT2D eigenvalue weighted by atomic mass is 9.95. The topological polar surface area (TPSA) is 75.5 Å². The first-order valence-corrected chi connectivity index (χ1v) is 12.4. The number of aryl methyl sites for hydroxylation is 2. The highest BCUT2D eigenvalue weighted by molar-refractivity contribution is 5.68. The Balaban J connectivity index is 1.15. The van der Waals surface area contributed by atoms with E-state index in [1.807, 2.05) is 24.3 Å². The van der Waals surface area contributed by atoms with E-state index in [2.05, 4.69) is 52.1 Å². The average Bonchev–Trinajstić information content (AvgIpc) is 2.94. The molecule has 0 saturated heterocycles. The van der Waals surface area contributed by atoms with Crippen molar-refractivity contribution >= 4 is 0 Å². The minimum absolute atomic E-state index is 0.203. The summed E-state index contributed by atoms with van der Waals surface area (Å²) >= 11 is 0. The molecule has 1 unspecified atom stereocenters.